The SMILES string of the molecule is C[N+]1(c2ccc(CN)cc2)CCCC1. The molecule has 1 saturated heterocycles. The molecule has 0 aromatic heterocycles. The maximum atomic E-state index is 5.58. The van der Waals surface area contributed by atoms with E-state index in [1.807, 2.05) is 0 Å². The van der Waals surface area contributed by atoms with E-state index in [0.29, 0.717) is 6.54 Å². The van der Waals surface area contributed by atoms with Gasteiger partial charge in [-0.2, -0.15) is 0 Å². The lowest BCUT2D eigenvalue weighted by atomic mass is 10.2. The maximum absolute atomic E-state index is 5.58. The van der Waals surface area contributed by atoms with E-state index in [9.17, 15) is 0 Å². The Kier molecular flexibility index (Phi) is 2.57. The van der Waals surface area contributed by atoms with Crippen molar-refractivity contribution >= 4 is 5.69 Å². The summed E-state index contributed by atoms with van der Waals surface area (Å²) in [5.41, 5.74) is 8.23. The lowest BCUT2D eigenvalue weighted by Gasteiger charge is -2.28. The lowest BCUT2D eigenvalue weighted by molar-refractivity contribution is 0.406. The van der Waals surface area contributed by atoms with Gasteiger partial charge in [0, 0.05) is 19.4 Å². The van der Waals surface area contributed by atoms with Crippen molar-refractivity contribution in [3.05, 3.63) is 29.8 Å². The Morgan fingerprint density at radius 3 is 2.21 bits per heavy atom. The molecule has 2 heteroatoms. The molecule has 0 saturated carbocycles. The summed E-state index contributed by atoms with van der Waals surface area (Å²) in [5, 5.41) is 0. The van der Waals surface area contributed by atoms with Crippen LogP contribution in [-0.2, 0) is 6.54 Å². The van der Waals surface area contributed by atoms with Crippen LogP contribution >= 0.6 is 0 Å². The Bertz CT molecular complexity index is 297. The second-order valence-corrected chi connectivity index (χ2v) is 4.42. The Labute approximate surface area is 85.9 Å². The number of hydrogen-bond donors (Lipinski definition) is 1. The van der Waals surface area contributed by atoms with Crippen LogP contribution in [0.3, 0.4) is 0 Å². The van der Waals surface area contributed by atoms with Crippen LogP contribution in [0.25, 0.3) is 0 Å². The summed E-state index contributed by atoms with van der Waals surface area (Å²) in [6.07, 6.45) is 2.71. The molecule has 1 heterocycles. The quantitative estimate of drug-likeness (QED) is 0.710. The minimum Gasteiger partial charge on any atom is -0.326 e. The summed E-state index contributed by atoms with van der Waals surface area (Å²) in [6, 6.07) is 8.76. The Balaban J connectivity index is 2.23. The highest BCUT2D eigenvalue weighted by Gasteiger charge is 2.28. The van der Waals surface area contributed by atoms with E-state index in [0.717, 1.165) is 4.48 Å². The van der Waals surface area contributed by atoms with Crippen molar-refractivity contribution in [2.45, 2.75) is 19.4 Å². The first-order valence-corrected chi connectivity index (χ1v) is 5.39. The highest BCUT2D eigenvalue weighted by molar-refractivity contribution is 5.44. The predicted octanol–water partition coefficient (Wildman–Crippen LogP) is 1.88. The molecule has 1 aromatic carbocycles. The molecule has 0 unspecified atom stereocenters. The van der Waals surface area contributed by atoms with Crippen molar-refractivity contribution in [2.75, 3.05) is 20.1 Å². The van der Waals surface area contributed by atoms with Gasteiger partial charge in [0.2, 0.25) is 0 Å². The van der Waals surface area contributed by atoms with Gasteiger partial charge in [-0.3, -0.25) is 4.48 Å². The molecule has 1 fully saturated rings. The van der Waals surface area contributed by atoms with Crippen LogP contribution in [-0.4, -0.2) is 20.1 Å². The van der Waals surface area contributed by atoms with E-state index in [4.69, 9.17) is 5.73 Å². The minimum atomic E-state index is 0.643. The number of rotatable bonds is 2. The number of nitrogens with zero attached hydrogens (tertiary/aromatic N) is 1. The van der Waals surface area contributed by atoms with E-state index in [-0.39, 0.29) is 0 Å². The molecular weight excluding hydrogens is 172 g/mol. The van der Waals surface area contributed by atoms with Gasteiger partial charge in [0.15, 0.2) is 0 Å². The zero-order valence-electron chi connectivity index (χ0n) is 8.87. The second kappa shape index (κ2) is 3.71. The first-order valence-electron chi connectivity index (χ1n) is 5.39. The van der Waals surface area contributed by atoms with Gasteiger partial charge in [-0.05, 0) is 17.7 Å². The van der Waals surface area contributed by atoms with Crippen molar-refractivity contribution in [1.82, 2.24) is 4.48 Å². The Morgan fingerprint density at radius 2 is 1.71 bits per heavy atom. The minimum absolute atomic E-state index is 0.643. The smallest absolute Gasteiger partial charge is 0.132 e. The van der Waals surface area contributed by atoms with Crippen LogP contribution < -0.4 is 10.2 Å². The largest absolute Gasteiger partial charge is 0.326 e. The monoisotopic (exact) mass is 191 g/mol. The van der Waals surface area contributed by atoms with E-state index in [1.54, 1.807) is 0 Å². The molecule has 2 N–H and O–H groups in total. The highest BCUT2D eigenvalue weighted by atomic mass is 15.3. The van der Waals surface area contributed by atoms with Gasteiger partial charge in [-0.1, -0.05) is 12.1 Å². The number of quaternary nitrogens is 1. The number of hydrogen-bond acceptors (Lipinski definition) is 1. The summed E-state index contributed by atoms with van der Waals surface area (Å²) in [4.78, 5) is 0. The standard InChI is InChI=1S/C12H19N2/c1-14(8-2-3-9-14)12-6-4-11(10-13)5-7-12/h4-7H,2-3,8-10,13H2,1H3/q+1. The molecule has 0 spiro atoms. The normalized spacial score (nSPS) is 19.9. The first kappa shape index (κ1) is 9.69. The third kappa shape index (κ3) is 1.68. The third-order valence-corrected chi connectivity index (χ3v) is 3.35. The van der Waals surface area contributed by atoms with Gasteiger partial charge in [0.05, 0.1) is 20.1 Å². The van der Waals surface area contributed by atoms with Gasteiger partial charge in [0.1, 0.15) is 5.69 Å². The zero-order chi connectivity index (χ0) is 10.0. The topological polar surface area (TPSA) is 26.0 Å². The van der Waals surface area contributed by atoms with Crippen molar-refractivity contribution < 1.29 is 0 Å². The highest BCUT2D eigenvalue weighted by Crippen LogP contribution is 2.27. The van der Waals surface area contributed by atoms with Crippen LogP contribution in [0.4, 0.5) is 5.69 Å². The van der Waals surface area contributed by atoms with Gasteiger partial charge >= 0.3 is 0 Å². The fourth-order valence-electron chi connectivity index (χ4n) is 2.28. The summed E-state index contributed by atoms with van der Waals surface area (Å²) >= 11 is 0. The van der Waals surface area contributed by atoms with Crippen molar-refractivity contribution in [2.24, 2.45) is 5.73 Å². The van der Waals surface area contributed by atoms with E-state index in [1.165, 1.54) is 37.2 Å². The predicted molar refractivity (Wildman–Crippen MR) is 61.0 cm³/mol. The summed E-state index contributed by atoms with van der Waals surface area (Å²) in [5.74, 6) is 0. The molecule has 2 nitrogen and oxygen atoms in total. The van der Waals surface area contributed by atoms with Gasteiger partial charge in [-0.15, -0.1) is 0 Å². The molecule has 76 valence electrons. The van der Waals surface area contributed by atoms with Gasteiger partial charge < -0.3 is 5.73 Å². The molecule has 0 atom stereocenters. The molecule has 14 heavy (non-hydrogen) atoms. The molecule has 1 aliphatic heterocycles. The average Bonchev–Trinajstić information content (AvgIpc) is 2.67. The lowest BCUT2D eigenvalue weighted by Crippen LogP contribution is -2.41. The van der Waals surface area contributed by atoms with Crippen LogP contribution in [0.1, 0.15) is 18.4 Å². The summed E-state index contributed by atoms with van der Waals surface area (Å²) in [7, 11) is 2.32. The van der Waals surface area contributed by atoms with Crippen LogP contribution in [0.15, 0.2) is 24.3 Å². The summed E-state index contributed by atoms with van der Waals surface area (Å²) in [6.45, 7) is 3.20. The Hall–Kier alpha value is -0.860. The molecule has 1 aromatic rings. The van der Waals surface area contributed by atoms with Crippen molar-refractivity contribution in [3.8, 4) is 0 Å². The fourth-order valence-corrected chi connectivity index (χ4v) is 2.28. The van der Waals surface area contributed by atoms with E-state index >= 15 is 0 Å². The molecule has 0 aliphatic carbocycles. The molecule has 1 aliphatic rings. The number of benzene rings is 1. The van der Waals surface area contributed by atoms with Crippen LogP contribution in [0.2, 0.25) is 0 Å². The number of nitrogens with two attached hydrogens (primary N) is 1. The number of likely N-dealkylation sites (tertiary alicyclic amines) is 1. The van der Waals surface area contributed by atoms with Crippen LogP contribution in [0.5, 0.6) is 0 Å². The third-order valence-electron chi connectivity index (χ3n) is 3.35. The van der Waals surface area contributed by atoms with Crippen molar-refractivity contribution in [1.29, 1.82) is 0 Å². The molecule has 0 amide bonds. The van der Waals surface area contributed by atoms with Gasteiger partial charge in [-0.25, -0.2) is 0 Å². The van der Waals surface area contributed by atoms with E-state index < -0.39 is 0 Å². The molecule has 0 radical (unpaired) electrons. The fraction of sp³-hybridized carbons (Fsp3) is 0.500. The van der Waals surface area contributed by atoms with Crippen molar-refractivity contribution in [3.63, 3.8) is 0 Å². The second-order valence-electron chi connectivity index (χ2n) is 4.42. The van der Waals surface area contributed by atoms with Crippen LogP contribution in [0, 0.1) is 0 Å². The molecule has 0 bridgehead atoms. The van der Waals surface area contributed by atoms with E-state index in [2.05, 4.69) is 31.3 Å². The maximum Gasteiger partial charge on any atom is 0.132 e. The first-order chi connectivity index (χ1) is 6.74. The van der Waals surface area contributed by atoms with Gasteiger partial charge in [0.25, 0.3) is 0 Å². The Morgan fingerprint density at radius 1 is 1.14 bits per heavy atom. The average molecular weight is 191 g/mol. The molecular formula is C12H19N2+. The summed E-state index contributed by atoms with van der Waals surface area (Å²) < 4.78 is 1.10. The molecule has 2 rings (SSSR count). The zero-order valence-corrected chi connectivity index (χ0v) is 8.87.